The lowest BCUT2D eigenvalue weighted by atomic mass is 10.0. The molecule has 6 heteroatoms. The van der Waals surface area contributed by atoms with E-state index < -0.39 is 6.04 Å². The Morgan fingerprint density at radius 2 is 1.43 bits per heavy atom. The van der Waals surface area contributed by atoms with E-state index >= 15 is 0 Å². The zero-order valence-electron chi connectivity index (χ0n) is 22.4. The summed E-state index contributed by atoms with van der Waals surface area (Å²) in [6, 6.07) is 33.0. The minimum Gasteiger partial charge on any atom is -0.343 e. The second-order valence-corrected chi connectivity index (χ2v) is 11.0. The molecule has 1 unspecified atom stereocenters. The molecule has 0 radical (unpaired) electrons. The number of amides is 2. The van der Waals surface area contributed by atoms with Crippen molar-refractivity contribution >= 4 is 33.5 Å². The Morgan fingerprint density at radius 3 is 2.30 bits per heavy atom. The van der Waals surface area contributed by atoms with Crippen LogP contribution in [0.1, 0.15) is 16.7 Å². The molecule has 4 aromatic carbocycles. The number of piperazine rings is 2. The van der Waals surface area contributed by atoms with Gasteiger partial charge in [-0.2, -0.15) is 0 Å². The fourth-order valence-corrected chi connectivity index (χ4v) is 6.41. The van der Waals surface area contributed by atoms with Crippen LogP contribution < -0.4 is 0 Å². The Hall–Kier alpha value is -4.42. The van der Waals surface area contributed by atoms with Crippen LogP contribution >= 0.6 is 0 Å². The van der Waals surface area contributed by atoms with Gasteiger partial charge < -0.3 is 14.4 Å². The average molecular weight is 529 g/mol. The van der Waals surface area contributed by atoms with E-state index in [0.717, 1.165) is 36.0 Å². The Bertz CT molecular complexity index is 1700. The lowest BCUT2D eigenvalue weighted by molar-refractivity contribution is -0.160. The maximum atomic E-state index is 13.8. The summed E-state index contributed by atoms with van der Waals surface area (Å²) in [7, 11) is 0. The molecule has 2 amide bonds. The van der Waals surface area contributed by atoms with Gasteiger partial charge in [0.15, 0.2) is 0 Å². The van der Waals surface area contributed by atoms with Gasteiger partial charge in [-0.15, -0.1) is 0 Å². The number of hydrogen-bond acceptors (Lipinski definition) is 3. The summed E-state index contributed by atoms with van der Waals surface area (Å²) < 4.78 is 2.32. The molecule has 2 aliphatic heterocycles. The monoisotopic (exact) mass is 528 g/mol. The van der Waals surface area contributed by atoms with Crippen LogP contribution in [0, 0.1) is 0 Å². The molecule has 0 saturated carbocycles. The standard InChI is InChI=1S/C34H32N4O2/c39-33-24-37(21-27-13-8-12-26-11-4-5-14-29(26)27)34(40)32-23-35(17-18-38(32)33)20-28-22-36(19-25-9-2-1-3-10-25)31-16-7-6-15-30(28)31/h1-16,22,32H,17-21,23-24H2. The summed E-state index contributed by atoms with van der Waals surface area (Å²) >= 11 is 0. The Labute approximate surface area is 234 Å². The Balaban J connectivity index is 1.11. The Morgan fingerprint density at radius 1 is 0.675 bits per heavy atom. The number of nitrogens with zero attached hydrogens (tertiary/aromatic N) is 4. The molecule has 2 saturated heterocycles. The number of fused-ring (bicyclic) bond motifs is 3. The quantitative estimate of drug-likeness (QED) is 0.315. The van der Waals surface area contributed by atoms with E-state index in [9.17, 15) is 9.59 Å². The van der Waals surface area contributed by atoms with E-state index in [1.165, 1.54) is 22.0 Å². The van der Waals surface area contributed by atoms with E-state index in [-0.39, 0.29) is 18.4 Å². The minimum absolute atomic E-state index is 0.0451. The molecule has 1 atom stereocenters. The maximum Gasteiger partial charge on any atom is 0.247 e. The first-order valence-corrected chi connectivity index (χ1v) is 14.0. The third-order valence-electron chi connectivity index (χ3n) is 8.41. The summed E-state index contributed by atoms with van der Waals surface area (Å²) in [5, 5.41) is 3.52. The first kappa shape index (κ1) is 24.6. The van der Waals surface area contributed by atoms with Gasteiger partial charge in [-0.1, -0.05) is 91.0 Å². The average Bonchev–Trinajstić information content (AvgIpc) is 3.33. The Kier molecular flexibility index (Phi) is 6.33. The predicted octanol–water partition coefficient (Wildman–Crippen LogP) is 4.90. The van der Waals surface area contributed by atoms with Crippen LogP contribution in [0.4, 0.5) is 0 Å². The third kappa shape index (κ3) is 4.54. The topological polar surface area (TPSA) is 48.8 Å². The van der Waals surface area contributed by atoms with Crippen molar-refractivity contribution in [2.24, 2.45) is 0 Å². The maximum absolute atomic E-state index is 13.8. The van der Waals surface area contributed by atoms with Gasteiger partial charge in [-0.25, -0.2) is 0 Å². The summed E-state index contributed by atoms with van der Waals surface area (Å²) in [5.74, 6) is 0.0905. The molecule has 200 valence electrons. The molecule has 2 fully saturated rings. The van der Waals surface area contributed by atoms with E-state index in [0.29, 0.717) is 19.6 Å². The van der Waals surface area contributed by atoms with Crippen molar-refractivity contribution in [3.8, 4) is 0 Å². The predicted molar refractivity (Wildman–Crippen MR) is 158 cm³/mol. The van der Waals surface area contributed by atoms with E-state index in [2.05, 4.69) is 88.5 Å². The number of rotatable bonds is 6. The van der Waals surface area contributed by atoms with Crippen molar-refractivity contribution in [1.82, 2.24) is 19.3 Å². The zero-order chi connectivity index (χ0) is 27.1. The number of hydrogen-bond donors (Lipinski definition) is 0. The van der Waals surface area contributed by atoms with Gasteiger partial charge >= 0.3 is 0 Å². The highest BCUT2D eigenvalue weighted by Gasteiger charge is 2.42. The first-order chi connectivity index (χ1) is 19.6. The van der Waals surface area contributed by atoms with Gasteiger partial charge in [-0.3, -0.25) is 14.5 Å². The third-order valence-corrected chi connectivity index (χ3v) is 8.41. The van der Waals surface area contributed by atoms with Gasteiger partial charge in [0.25, 0.3) is 0 Å². The lowest BCUT2D eigenvalue weighted by Crippen LogP contribution is -2.66. The van der Waals surface area contributed by atoms with Gasteiger partial charge in [0, 0.05) is 56.4 Å². The first-order valence-electron chi connectivity index (χ1n) is 14.0. The van der Waals surface area contributed by atoms with Gasteiger partial charge in [0.1, 0.15) is 12.6 Å². The van der Waals surface area contributed by atoms with Crippen LogP contribution in [0.25, 0.3) is 21.7 Å². The lowest BCUT2D eigenvalue weighted by Gasteiger charge is -2.46. The molecule has 7 rings (SSSR count). The van der Waals surface area contributed by atoms with Gasteiger partial charge in [-0.05, 0) is 33.5 Å². The van der Waals surface area contributed by atoms with E-state index in [1.54, 1.807) is 9.80 Å². The van der Waals surface area contributed by atoms with Crippen LogP contribution in [0.15, 0.2) is 103 Å². The molecule has 2 aliphatic rings. The number of carbonyl (C=O) groups is 2. The van der Waals surface area contributed by atoms with Crippen LogP contribution in [0.5, 0.6) is 0 Å². The highest BCUT2D eigenvalue weighted by atomic mass is 16.2. The molecule has 0 bridgehead atoms. The molecule has 40 heavy (non-hydrogen) atoms. The largest absolute Gasteiger partial charge is 0.343 e. The normalized spacial score (nSPS) is 18.1. The number of para-hydroxylation sites is 1. The van der Waals surface area contributed by atoms with E-state index in [4.69, 9.17) is 0 Å². The molecular formula is C34H32N4O2. The highest BCUT2D eigenvalue weighted by molar-refractivity contribution is 5.96. The van der Waals surface area contributed by atoms with Crippen molar-refractivity contribution in [3.05, 3.63) is 120 Å². The summed E-state index contributed by atoms with van der Waals surface area (Å²) in [6.45, 7) is 4.05. The number of benzene rings is 4. The smallest absolute Gasteiger partial charge is 0.247 e. The van der Waals surface area contributed by atoms with Gasteiger partial charge in [0.2, 0.25) is 11.8 Å². The van der Waals surface area contributed by atoms with Crippen LogP contribution in [0.2, 0.25) is 0 Å². The molecule has 6 nitrogen and oxygen atoms in total. The van der Waals surface area contributed by atoms with Crippen molar-refractivity contribution < 1.29 is 9.59 Å². The van der Waals surface area contributed by atoms with Crippen LogP contribution in [-0.2, 0) is 29.2 Å². The molecule has 0 N–H and O–H groups in total. The molecule has 0 aliphatic carbocycles. The zero-order valence-corrected chi connectivity index (χ0v) is 22.4. The molecule has 3 heterocycles. The molecule has 5 aromatic rings. The molecular weight excluding hydrogens is 496 g/mol. The second-order valence-electron chi connectivity index (χ2n) is 11.0. The second kappa shape index (κ2) is 10.3. The number of aromatic nitrogens is 1. The van der Waals surface area contributed by atoms with Crippen molar-refractivity contribution in [3.63, 3.8) is 0 Å². The fourth-order valence-electron chi connectivity index (χ4n) is 6.41. The number of carbonyl (C=O) groups excluding carboxylic acids is 2. The fraction of sp³-hybridized carbons (Fsp3) is 0.235. The van der Waals surface area contributed by atoms with Crippen LogP contribution in [0.3, 0.4) is 0 Å². The molecule has 1 aromatic heterocycles. The molecule has 0 spiro atoms. The van der Waals surface area contributed by atoms with Crippen LogP contribution in [-0.4, -0.2) is 63.3 Å². The highest BCUT2D eigenvalue weighted by Crippen LogP contribution is 2.27. The van der Waals surface area contributed by atoms with Crippen molar-refractivity contribution in [2.75, 3.05) is 26.2 Å². The van der Waals surface area contributed by atoms with Crippen molar-refractivity contribution in [2.45, 2.75) is 25.7 Å². The summed E-state index contributed by atoms with van der Waals surface area (Å²) in [6.07, 6.45) is 2.25. The van der Waals surface area contributed by atoms with Crippen molar-refractivity contribution in [1.29, 1.82) is 0 Å². The summed E-state index contributed by atoms with van der Waals surface area (Å²) in [5.41, 5.74) is 4.81. The van der Waals surface area contributed by atoms with E-state index in [1.807, 2.05) is 24.3 Å². The van der Waals surface area contributed by atoms with Gasteiger partial charge in [0.05, 0.1) is 0 Å². The summed E-state index contributed by atoms with van der Waals surface area (Å²) in [4.78, 5) is 32.8. The SMILES string of the molecule is O=C1C2CN(Cc3cn(Cc4ccccc4)c4ccccc34)CCN2C(=O)CN1Cc1cccc2ccccc12. The minimum atomic E-state index is -0.442.